The number of alkyl halides is 3. The van der Waals surface area contributed by atoms with Gasteiger partial charge in [0.2, 0.25) is 5.91 Å². The molecule has 0 radical (unpaired) electrons. The Morgan fingerprint density at radius 1 is 1.32 bits per heavy atom. The van der Waals surface area contributed by atoms with Gasteiger partial charge in [-0.05, 0) is 48.3 Å². The number of nitrogens with zero attached hydrogens (tertiary/aromatic N) is 3. The number of nitrogens with one attached hydrogen (secondary N) is 1. The largest absolute Gasteiger partial charge is 0.433 e. The molecule has 12 heteroatoms. The quantitative estimate of drug-likeness (QED) is 0.517. The molecule has 0 bridgehead atoms. The van der Waals surface area contributed by atoms with Crippen LogP contribution >= 0.6 is 27.3 Å². The number of pyridine rings is 1. The van der Waals surface area contributed by atoms with Gasteiger partial charge in [-0.25, -0.2) is 4.98 Å². The Hall–Kier alpha value is -2.47. The molecule has 3 rings (SSSR count). The molecule has 2 amide bonds. The lowest BCUT2D eigenvalue weighted by molar-refractivity contribution is -0.141. The Labute approximate surface area is 187 Å². The minimum Gasteiger partial charge on any atom is -0.365 e. The van der Waals surface area contributed by atoms with E-state index in [9.17, 15) is 22.8 Å². The zero-order valence-electron chi connectivity index (χ0n) is 17.0. The van der Waals surface area contributed by atoms with Gasteiger partial charge in [0.25, 0.3) is 5.91 Å². The first-order valence-corrected chi connectivity index (χ1v) is 10.7. The molecular formula is C19H19BrF3N5O2S. The van der Waals surface area contributed by atoms with Crippen LogP contribution in [0.1, 0.15) is 39.2 Å². The van der Waals surface area contributed by atoms with E-state index in [1.807, 2.05) is 13.8 Å². The average Bonchev–Trinajstić information content (AvgIpc) is 3.14. The van der Waals surface area contributed by atoms with Crippen LogP contribution in [-0.2, 0) is 17.5 Å². The van der Waals surface area contributed by atoms with Crippen LogP contribution in [-0.4, -0.2) is 26.6 Å². The summed E-state index contributed by atoms with van der Waals surface area (Å²) >= 11 is 4.15. The van der Waals surface area contributed by atoms with E-state index in [1.54, 1.807) is 11.6 Å². The van der Waals surface area contributed by atoms with E-state index in [2.05, 4.69) is 31.3 Å². The number of thiophene rings is 1. The maximum absolute atomic E-state index is 13.1. The molecule has 0 aromatic carbocycles. The van der Waals surface area contributed by atoms with Gasteiger partial charge in [-0.15, -0.1) is 11.3 Å². The van der Waals surface area contributed by atoms with Crippen molar-refractivity contribution < 1.29 is 22.8 Å². The number of amides is 2. The first-order chi connectivity index (χ1) is 14.3. The van der Waals surface area contributed by atoms with Crippen molar-refractivity contribution >= 4 is 55.0 Å². The summed E-state index contributed by atoms with van der Waals surface area (Å²) in [6.07, 6.45) is -4.64. The highest BCUT2D eigenvalue weighted by Crippen LogP contribution is 2.40. The predicted molar refractivity (Wildman–Crippen MR) is 115 cm³/mol. The van der Waals surface area contributed by atoms with E-state index in [0.29, 0.717) is 0 Å². The van der Waals surface area contributed by atoms with E-state index in [-0.39, 0.29) is 32.9 Å². The number of aromatic nitrogens is 3. The topological polar surface area (TPSA) is 103 Å². The molecule has 3 N–H and O–H groups in total. The molecule has 0 aliphatic carbocycles. The highest BCUT2D eigenvalue weighted by atomic mass is 79.9. The van der Waals surface area contributed by atoms with Crippen molar-refractivity contribution in [2.45, 2.75) is 40.4 Å². The highest BCUT2D eigenvalue weighted by molar-refractivity contribution is 9.10. The normalized spacial score (nSPS) is 12.9. The Morgan fingerprint density at radius 3 is 2.48 bits per heavy atom. The number of primary amides is 1. The van der Waals surface area contributed by atoms with Gasteiger partial charge in [-0.1, -0.05) is 6.92 Å². The van der Waals surface area contributed by atoms with Crippen molar-refractivity contribution in [1.82, 2.24) is 14.8 Å². The molecule has 0 aliphatic rings. The van der Waals surface area contributed by atoms with Gasteiger partial charge in [-0.3, -0.25) is 14.3 Å². The van der Waals surface area contributed by atoms with Gasteiger partial charge in [-0.2, -0.15) is 18.3 Å². The van der Waals surface area contributed by atoms with Crippen LogP contribution in [0.25, 0.3) is 10.2 Å². The standard InChI is InChI=1S/C19H19BrF3N5O2S/c1-7-5-11(19(21,22)23)25-18-12(7)14(15(31-18)16(24)29)26-17(30)8(2)6-28-10(4)13(20)9(3)27-28/h5,8H,6H2,1-4H3,(H2,24,29)(H,26,30). The number of fused-ring (bicyclic) bond motifs is 1. The number of carbonyl (C=O) groups excluding carboxylic acids is 2. The summed E-state index contributed by atoms with van der Waals surface area (Å²) in [4.78, 5) is 28.3. The van der Waals surface area contributed by atoms with Crippen molar-refractivity contribution in [2.75, 3.05) is 5.32 Å². The maximum atomic E-state index is 13.1. The Balaban J connectivity index is 1.97. The molecule has 1 unspecified atom stereocenters. The number of hydrogen-bond donors (Lipinski definition) is 2. The number of anilines is 1. The first kappa shape index (κ1) is 23.2. The summed E-state index contributed by atoms with van der Waals surface area (Å²) in [6, 6.07) is 0.881. The van der Waals surface area contributed by atoms with Gasteiger partial charge in [0, 0.05) is 11.1 Å². The Morgan fingerprint density at radius 2 is 1.97 bits per heavy atom. The Bertz CT molecular complexity index is 1200. The van der Waals surface area contributed by atoms with Gasteiger partial charge in [0.1, 0.15) is 15.4 Å². The van der Waals surface area contributed by atoms with Gasteiger partial charge in [0.05, 0.1) is 28.3 Å². The van der Waals surface area contributed by atoms with Crippen LogP contribution in [0.4, 0.5) is 18.9 Å². The predicted octanol–water partition coefficient (Wildman–Crippen LogP) is 4.57. The molecule has 3 aromatic rings. The molecule has 0 aliphatic heterocycles. The van der Waals surface area contributed by atoms with Crippen molar-refractivity contribution in [3.05, 3.63) is 38.1 Å². The van der Waals surface area contributed by atoms with Crippen LogP contribution in [0.2, 0.25) is 0 Å². The van der Waals surface area contributed by atoms with E-state index < -0.39 is 29.6 Å². The summed E-state index contributed by atoms with van der Waals surface area (Å²) in [7, 11) is 0. The molecular weight excluding hydrogens is 499 g/mol. The molecule has 0 saturated heterocycles. The number of aryl methyl sites for hydroxylation is 2. The second-order valence-corrected chi connectivity index (χ2v) is 9.02. The fourth-order valence-corrected chi connectivity index (χ4v) is 4.50. The number of halogens is 4. The third kappa shape index (κ3) is 4.45. The van der Waals surface area contributed by atoms with E-state index in [4.69, 9.17) is 5.73 Å². The smallest absolute Gasteiger partial charge is 0.365 e. The molecule has 7 nitrogen and oxygen atoms in total. The molecule has 166 valence electrons. The number of nitrogens with two attached hydrogens (primary N) is 1. The van der Waals surface area contributed by atoms with Crippen molar-refractivity contribution in [3.63, 3.8) is 0 Å². The van der Waals surface area contributed by atoms with Gasteiger partial charge >= 0.3 is 6.18 Å². The zero-order valence-corrected chi connectivity index (χ0v) is 19.4. The molecule has 0 saturated carbocycles. The lowest BCUT2D eigenvalue weighted by atomic mass is 10.1. The fraction of sp³-hybridized carbons (Fsp3) is 0.368. The van der Waals surface area contributed by atoms with Gasteiger partial charge in [0.15, 0.2) is 0 Å². The third-order valence-electron chi connectivity index (χ3n) is 4.81. The van der Waals surface area contributed by atoms with Crippen molar-refractivity contribution in [1.29, 1.82) is 0 Å². The van der Waals surface area contributed by atoms with Crippen LogP contribution in [0.3, 0.4) is 0 Å². The highest BCUT2D eigenvalue weighted by Gasteiger charge is 2.34. The SMILES string of the molecule is Cc1nn(CC(C)C(=O)Nc2c(C(N)=O)sc3nc(C(F)(F)F)cc(C)c23)c(C)c1Br. The number of rotatable bonds is 5. The summed E-state index contributed by atoms with van der Waals surface area (Å²) in [5, 5.41) is 7.31. The lowest BCUT2D eigenvalue weighted by Crippen LogP contribution is -2.26. The second kappa shape index (κ2) is 8.23. The van der Waals surface area contributed by atoms with Crippen LogP contribution in [0.5, 0.6) is 0 Å². The fourth-order valence-electron chi connectivity index (χ4n) is 3.16. The molecule has 1 atom stereocenters. The van der Waals surface area contributed by atoms with Crippen molar-refractivity contribution in [3.8, 4) is 0 Å². The van der Waals surface area contributed by atoms with Crippen LogP contribution in [0, 0.1) is 26.7 Å². The Kier molecular flexibility index (Phi) is 6.16. The van der Waals surface area contributed by atoms with Crippen LogP contribution in [0.15, 0.2) is 10.5 Å². The third-order valence-corrected chi connectivity index (χ3v) is 7.06. The molecule has 0 fully saturated rings. The first-order valence-electron chi connectivity index (χ1n) is 9.12. The summed E-state index contributed by atoms with van der Waals surface area (Å²) in [5.41, 5.74) is 6.30. The van der Waals surface area contributed by atoms with Crippen LogP contribution < -0.4 is 11.1 Å². The number of carbonyl (C=O) groups is 2. The molecule has 3 aromatic heterocycles. The number of hydrogen-bond acceptors (Lipinski definition) is 5. The molecule has 0 spiro atoms. The lowest BCUT2D eigenvalue weighted by Gasteiger charge is -2.14. The second-order valence-electron chi connectivity index (χ2n) is 7.23. The molecule has 31 heavy (non-hydrogen) atoms. The summed E-state index contributed by atoms with van der Waals surface area (Å²) in [5.74, 6) is -1.84. The molecule has 3 heterocycles. The zero-order chi connectivity index (χ0) is 23.2. The summed E-state index contributed by atoms with van der Waals surface area (Å²) in [6.45, 7) is 7.11. The summed E-state index contributed by atoms with van der Waals surface area (Å²) < 4.78 is 41.9. The van der Waals surface area contributed by atoms with E-state index >= 15 is 0 Å². The van der Waals surface area contributed by atoms with E-state index in [0.717, 1.165) is 33.3 Å². The minimum absolute atomic E-state index is 0.0217. The average molecular weight is 518 g/mol. The van der Waals surface area contributed by atoms with Crippen molar-refractivity contribution in [2.24, 2.45) is 11.7 Å². The minimum atomic E-state index is -4.64. The maximum Gasteiger partial charge on any atom is 0.433 e. The van der Waals surface area contributed by atoms with E-state index in [1.165, 1.54) is 6.92 Å². The van der Waals surface area contributed by atoms with Gasteiger partial charge < -0.3 is 11.1 Å². The monoisotopic (exact) mass is 517 g/mol.